The van der Waals surface area contributed by atoms with Gasteiger partial charge in [0.2, 0.25) is 5.91 Å². The van der Waals surface area contributed by atoms with E-state index in [1.54, 1.807) is 6.07 Å². The smallest absolute Gasteiger partial charge is 0.234 e. The lowest BCUT2D eigenvalue weighted by Crippen LogP contribution is -2.15. The molecular formula is C13H13IN4OS. The number of aryl methyl sites for hydroxylation is 1. The van der Waals surface area contributed by atoms with Gasteiger partial charge >= 0.3 is 0 Å². The summed E-state index contributed by atoms with van der Waals surface area (Å²) >= 11 is 3.44. The van der Waals surface area contributed by atoms with E-state index < -0.39 is 0 Å². The molecule has 2 aromatic rings. The number of anilines is 2. The molecule has 0 radical (unpaired) electrons. The highest BCUT2D eigenvalue weighted by atomic mass is 127. The molecule has 0 saturated carbocycles. The van der Waals surface area contributed by atoms with Crippen LogP contribution in [0, 0.1) is 10.5 Å². The van der Waals surface area contributed by atoms with E-state index in [0.29, 0.717) is 11.0 Å². The van der Waals surface area contributed by atoms with E-state index >= 15 is 0 Å². The number of nitrogens with two attached hydrogens (primary N) is 1. The highest BCUT2D eigenvalue weighted by Gasteiger charge is 2.08. The molecule has 1 aromatic carbocycles. The Kier molecular flexibility index (Phi) is 5.18. The molecule has 0 aliphatic carbocycles. The van der Waals surface area contributed by atoms with E-state index in [1.807, 2.05) is 31.2 Å². The predicted octanol–water partition coefficient (Wildman–Crippen LogP) is 2.70. The maximum Gasteiger partial charge on any atom is 0.234 e. The molecule has 1 heterocycles. The van der Waals surface area contributed by atoms with Crippen molar-refractivity contribution < 1.29 is 4.79 Å². The summed E-state index contributed by atoms with van der Waals surface area (Å²) in [6.07, 6.45) is 0. The minimum atomic E-state index is -0.0946. The first-order chi connectivity index (χ1) is 9.54. The topological polar surface area (TPSA) is 80.9 Å². The number of benzene rings is 1. The summed E-state index contributed by atoms with van der Waals surface area (Å²) in [4.78, 5) is 20.2. The Labute approximate surface area is 134 Å². The van der Waals surface area contributed by atoms with Crippen molar-refractivity contribution in [2.24, 2.45) is 0 Å². The fourth-order valence-corrected chi connectivity index (χ4v) is 2.74. The second kappa shape index (κ2) is 6.89. The van der Waals surface area contributed by atoms with Crippen molar-refractivity contribution in [1.82, 2.24) is 9.97 Å². The van der Waals surface area contributed by atoms with Crippen LogP contribution in [0.15, 0.2) is 35.5 Å². The largest absolute Gasteiger partial charge is 0.384 e. The van der Waals surface area contributed by atoms with Crippen LogP contribution in [-0.4, -0.2) is 21.6 Å². The summed E-state index contributed by atoms with van der Waals surface area (Å²) in [6, 6.07) is 9.31. The molecule has 7 heteroatoms. The Bertz CT molecular complexity index is 615. The lowest BCUT2D eigenvalue weighted by Gasteiger charge is -2.07. The second-order valence-electron chi connectivity index (χ2n) is 4.03. The summed E-state index contributed by atoms with van der Waals surface area (Å²) in [7, 11) is 0. The second-order valence-corrected chi connectivity index (χ2v) is 6.14. The van der Waals surface area contributed by atoms with Crippen LogP contribution in [-0.2, 0) is 4.79 Å². The first-order valence-corrected chi connectivity index (χ1v) is 7.89. The molecule has 0 aliphatic rings. The van der Waals surface area contributed by atoms with Gasteiger partial charge in [0, 0.05) is 15.3 Å². The van der Waals surface area contributed by atoms with E-state index in [1.165, 1.54) is 11.8 Å². The van der Waals surface area contributed by atoms with Crippen LogP contribution in [0.2, 0.25) is 0 Å². The van der Waals surface area contributed by atoms with E-state index in [0.717, 1.165) is 15.0 Å². The standard InChI is InChI=1S/C13H13IN4OS/c1-8-6-11(15)18-13(16-8)20-7-12(19)17-10-5-3-2-4-9(10)14/h2-6H,7H2,1H3,(H,17,19)(H2,15,16,18). The first-order valence-electron chi connectivity index (χ1n) is 5.83. The molecule has 20 heavy (non-hydrogen) atoms. The summed E-state index contributed by atoms with van der Waals surface area (Å²) < 4.78 is 1.000. The first kappa shape index (κ1) is 15.0. The zero-order chi connectivity index (χ0) is 14.5. The van der Waals surface area contributed by atoms with Crippen LogP contribution in [0.1, 0.15) is 5.69 Å². The Morgan fingerprint density at radius 2 is 2.15 bits per heavy atom. The number of carbonyl (C=O) groups excluding carboxylic acids is 1. The average molecular weight is 400 g/mol. The average Bonchev–Trinajstić information content (AvgIpc) is 2.38. The quantitative estimate of drug-likeness (QED) is 0.469. The molecule has 3 N–H and O–H groups in total. The third-order valence-electron chi connectivity index (χ3n) is 2.33. The zero-order valence-corrected chi connectivity index (χ0v) is 13.7. The number of hydrogen-bond acceptors (Lipinski definition) is 5. The maximum atomic E-state index is 11.9. The summed E-state index contributed by atoms with van der Waals surface area (Å²) in [5.41, 5.74) is 7.24. The molecule has 1 aromatic heterocycles. The molecule has 0 spiro atoms. The summed E-state index contributed by atoms with van der Waals surface area (Å²) in [5.74, 6) is 0.564. The van der Waals surface area contributed by atoms with Gasteiger partial charge in [-0.05, 0) is 41.6 Å². The van der Waals surface area contributed by atoms with Gasteiger partial charge in [-0.1, -0.05) is 23.9 Å². The Balaban J connectivity index is 1.94. The lowest BCUT2D eigenvalue weighted by molar-refractivity contribution is -0.113. The van der Waals surface area contributed by atoms with Crippen molar-refractivity contribution in [1.29, 1.82) is 0 Å². The van der Waals surface area contributed by atoms with Gasteiger partial charge < -0.3 is 11.1 Å². The van der Waals surface area contributed by atoms with Crippen LogP contribution in [0.3, 0.4) is 0 Å². The molecule has 0 saturated heterocycles. The van der Waals surface area contributed by atoms with Crippen molar-refractivity contribution in [3.05, 3.63) is 39.6 Å². The minimum Gasteiger partial charge on any atom is -0.384 e. The normalized spacial score (nSPS) is 10.3. The Morgan fingerprint density at radius 3 is 2.85 bits per heavy atom. The number of aromatic nitrogens is 2. The lowest BCUT2D eigenvalue weighted by atomic mass is 10.3. The van der Waals surface area contributed by atoms with Crippen molar-refractivity contribution in [3.8, 4) is 0 Å². The number of halogens is 1. The number of nitrogens with one attached hydrogen (secondary N) is 1. The molecule has 0 aliphatic heterocycles. The van der Waals surface area contributed by atoms with Crippen LogP contribution in [0.4, 0.5) is 11.5 Å². The highest BCUT2D eigenvalue weighted by molar-refractivity contribution is 14.1. The SMILES string of the molecule is Cc1cc(N)nc(SCC(=O)Nc2ccccc2I)n1. The van der Waals surface area contributed by atoms with E-state index in [-0.39, 0.29) is 11.7 Å². The number of hydrogen-bond donors (Lipinski definition) is 2. The Hall–Kier alpha value is -1.35. The number of rotatable bonds is 4. The van der Waals surface area contributed by atoms with Crippen molar-refractivity contribution in [2.45, 2.75) is 12.1 Å². The summed E-state index contributed by atoms with van der Waals surface area (Å²) in [5, 5.41) is 3.37. The third-order valence-corrected chi connectivity index (χ3v) is 4.12. The number of carbonyl (C=O) groups is 1. The van der Waals surface area contributed by atoms with Gasteiger partial charge in [-0.25, -0.2) is 9.97 Å². The van der Waals surface area contributed by atoms with E-state index in [2.05, 4.69) is 37.9 Å². The van der Waals surface area contributed by atoms with Crippen LogP contribution >= 0.6 is 34.4 Å². The monoisotopic (exact) mass is 400 g/mol. The molecule has 2 rings (SSSR count). The molecular weight excluding hydrogens is 387 g/mol. The van der Waals surface area contributed by atoms with Crippen molar-refractivity contribution >= 4 is 51.8 Å². The van der Waals surface area contributed by atoms with Gasteiger partial charge in [-0.15, -0.1) is 0 Å². The fourth-order valence-electron chi connectivity index (χ4n) is 1.51. The van der Waals surface area contributed by atoms with Crippen LogP contribution < -0.4 is 11.1 Å². The molecule has 0 atom stereocenters. The summed E-state index contributed by atoms with van der Waals surface area (Å²) in [6.45, 7) is 1.84. The van der Waals surface area contributed by atoms with Crippen molar-refractivity contribution in [3.63, 3.8) is 0 Å². The highest BCUT2D eigenvalue weighted by Crippen LogP contribution is 2.19. The van der Waals surface area contributed by atoms with Crippen LogP contribution in [0.5, 0.6) is 0 Å². The van der Waals surface area contributed by atoms with Gasteiger partial charge in [-0.2, -0.15) is 0 Å². The van der Waals surface area contributed by atoms with Gasteiger partial charge in [0.05, 0.1) is 11.4 Å². The maximum absolute atomic E-state index is 11.9. The minimum absolute atomic E-state index is 0.0946. The molecule has 1 amide bonds. The van der Waals surface area contributed by atoms with E-state index in [4.69, 9.17) is 5.73 Å². The Morgan fingerprint density at radius 1 is 1.40 bits per heavy atom. The molecule has 0 fully saturated rings. The number of nitrogen functional groups attached to an aromatic ring is 1. The van der Waals surface area contributed by atoms with Gasteiger partial charge in [0.25, 0.3) is 0 Å². The molecule has 5 nitrogen and oxygen atoms in total. The van der Waals surface area contributed by atoms with Gasteiger partial charge in [0.1, 0.15) is 5.82 Å². The van der Waals surface area contributed by atoms with Gasteiger partial charge in [0.15, 0.2) is 5.16 Å². The molecule has 104 valence electrons. The van der Waals surface area contributed by atoms with Crippen LogP contribution in [0.25, 0.3) is 0 Å². The molecule has 0 unspecified atom stereocenters. The fraction of sp³-hybridized carbons (Fsp3) is 0.154. The number of amides is 1. The number of nitrogens with zero attached hydrogens (tertiary/aromatic N) is 2. The third kappa shape index (κ3) is 4.34. The van der Waals surface area contributed by atoms with E-state index in [9.17, 15) is 4.79 Å². The zero-order valence-electron chi connectivity index (χ0n) is 10.8. The number of para-hydroxylation sites is 1. The predicted molar refractivity (Wildman–Crippen MR) is 89.7 cm³/mol. The molecule has 0 bridgehead atoms. The van der Waals surface area contributed by atoms with Gasteiger partial charge in [-0.3, -0.25) is 4.79 Å². The number of thioether (sulfide) groups is 1. The van der Waals surface area contributed by atoms with Crippen molar-refractivity contribution in [2.75, 3.05) is 16.8 Å².